The minimum atomic E-state index is -0.942. The number of carbonyl (C=O) groups excluding carboxylic acids is 2. The number of benzene rings is 4. The van der Waals surface area contributed by atoms with Gasteiger partial charge in [0.2, 0.25) is 0 Å². The molecule has 0 amide bonds. The van der Waals surface area contributed by atoms with E-state index >= 15 is 8.78 Å². The van der Waals surface area contributed by atoms with E-state index in [0.29, 0.717) is 35.2 Å². The highest BCUT2D eigenvalue weighted by molar-refractivity contribution is 5.99. The van der Waals surface area contributed by atoms with E-state index in [1.165, 1.54) is 263 Å². The van der Waals surface area contributed by atoms with Crippen molar-refractivity contribution in [2.75, 3.05) is 0 Å². The second kappa shape index (κ2) is 38.4. The highest BCUT2D eigenvalue weighted by atomic mass is 19.1. The molecule has 6 aliphatic carbocycles. The van der Waals surface area contributed by atoms with Crippen LogP contribution in [0.3, 0.4) is 0 Å². The lowest BCUT2D eigenvalue weighted by atomic mass is 9.41. The van der Waals surface area contributed by atoms with E-state index in [1.807, 2.05) is 0 Å². The van der Waals surface area contributed by atoms with E-state index in [-0.39, 0.29) is 0 Å². The third-order valence-corrected chi connectivity index (χ3v) is 25.8. The van der Waals surface area contributed by atoms with Crippen LogP contribution in [0.5, 0.6) is 0 Å². The fraction of sp³-hybridized carbons (Fsp3) is 0.711. The van der Waals surface area contributed by atoms with Gasteiger partial charge in [-0.15, -0.1) is 0 Å². The molecule has 0 radical (unpaired) electrons. The Hall–Kier alpha value is -3.92. The van der Waals surface area contributed by atoms with E-state index in [9.17, 15) is 9.59 Å². The summed E-state index contributed by atoms with van der Waals surface area (Å²) in [5.41, 5.74) is 8.62. The molecule has 94 heavy (non-hydrogen) atoms. The normalized spacial score (nSPS) is 27.4. The Morgan fingerprint density at radius 3 is 0.574 bits per heavy atom. The first-order chi connectivity index (χ1) is 46.0. The van der Waals surface area contributed by atoms with E-state index in [0.717, 1.165) is 103 Å². The molecule has 4 aromatic carbocycles. The Kier molecular flexibility index (Phi) is 30.4. The number of alkyl halides is 2. The zero-order valence-corrected chi connectivity index (χ0v) is 60.6. The summed E-state index contributed by atoms with van der Waals surface area (Å²) in [6.07, 6.45) is 57.0. The molecular weight excluding hydrogens is 1150 g/mol. The van der Waals surface area contributed by atoms with Crippen molar-refractivity contribution in [2.45, 2.75) is 385 Å². The molecule has 0 bridgehead atoms. The van der Waals surface area contributed by atoms with Crippen LogP contribution in [0.4, 0.5) is 8.78 Å². The van der Waals surface area contributed by atoms with Gasteiger partial charge in [0.05, 0.1) is 21.7 Å². The number of ketones is 2. The van der Waals surface area contributed by atoms with Crippen molar-refractivity contribution in [1.29, 1.82) is 0 Å². The molecule has 6 aliphatic rings. The first-order valence-corrected chi connectivity index (χ1v) is 40.8. The number of unbranched alkanes of at least 4 members (excludes halogenated alkanes) is 26. The summed E-state index contributed by atoms with van der Waals surface area (Å²) in [6.45, 7) is 9.11. The second-order valence-corrected chi connectivity index (χ2v) is 32.3. The van der Waals surface area contributed by atoms with Crippen LogP contribution in [0.1, 0.15) is 391 Å². The van der Waals surface area contributed by atoms with Gasteiger partial charge in [0.25, 0.3) is 0 Å². The van der Waals surface area contributed by atoms with Crippen molar-refractivity contribution < 1.29 is 18.4 Å². The number of carbonyl (C=O) groups is 2. The maximum Gasteiger partial charge on any atom is 0.151 e. The smallest absolute Gasteiger partial charge is 0.151 e. The molecule has 0 saturated heterocycles. The van der Waals surface area contributed by atoms with Crippen molar-refractivity contribution in [3.05, 3.63) is 142 Å². The van der Waals surface area contributed by atoms with Gasteiger partial charge in [-0.05, 0) is 222 Å². The van der Waals surface area contributed by atoms with Crippen molar-refractivity contribution in [3.63, 3.8) is 0 Å². The molecule has 6 saturated carbocycles. The summed E-state index contributed by atoms with van der Waals surface area (Å²) in [6, 6.07) is 37.2. The van der Waals surface area contributed by atoms with Gasteiger partial charge in [-0.25, -0.2) is 8.78 Å². The lowest BCUT2D eigenvalue weighted by Crippen LogP contribution is -2.69. The predicted octanol–water partition coefficient (Wildman–Crippen LogP) is 27.1. The predicted molar refractivity (Wildman–Crippen MR) is 396 cm³/mol. The third-order valence-electron chi connectivity index (χ3n) is 25.8. The van der Waals surface area contributed by atoms with Gasteiger partial charge in [-0.3, -0.25) is 9.59 Å². The molecule has 0 aromatic heterocycles. The zero-order chi connectivity index (χ0) is 65.9. The van der Waals surface area contributed by atoms with Crippen LogP contribution in [-0.4, -0.2) is 23.9 Å². The summed E-state index contributed by atoms with van der Waals surface area (Å²) in [7, 11) is 0. The molecule has 4 aromatic rings. The van der Waals surface area contributed by atoms with Crippen molar-refractivity contribution in [1.82, 2.24) is 0 Å². The minimum Gasteiger partial charge on any atom is -0.298 e. The Morgan fingerprint density at radius 1 is 0.255 bits per heavy atom. The van der Waals surface area contributed by atoms with Gasteiger partial charge in [-0.2, -0.15) is 0 Å². The van der Waals surface area contributed by atoms with Crippen LogP contribution < -0.4 is 0 Å². The highest BCUT2D eigenvalue weighted by Gasteiger charge is 2.73. The summed E-state index contributed by atoms with van der Waals surface area (Å²) in [4.78, 5) is 27.7. The van der Waals surface area contributed by atoms with Gasteiger partial charge in [0, 0.05) is 0 Å². The first-order valence-electron chi connectivity index (χ1n) is 40.8. The molecule has 0 N–H and O–H groups in total. The van der Waals surface area contributed by atoms with E-state index in [4.69, 9.17) is 0 Å². The van der Waals surface area contributed by atoms with Crippen molar-refractivity contribution >= 4 is 11.6 Å². The van der Waals surface area contributed by atoms with Crippen molar-refractivity contribution in [3.8, 4) is 0 Å². The summed E-state index contributed by atoms with van der Waals surface area (Å²) < 4.78 is 32.6. The Labute approximate surface area is 574 Å². The monoisotopic (exact) mass is 1290 g/mol. The molecule has 0 aliphatic heterocycles. The Morgan fingerprint density at radius 2 is 0.415 bits per heavy atom. The number of halogens is 2. The van der Waals surface area contributed by atoms with Gasteiger partial charge in [0.1, 0.15) is 12.3 Å². The zero-order valence-electron chi connectivity index (χ0n) is 60.6. The average Bonchev–Trinajstić information content (AvgIpc) is 0.697. The largest absolute Gasteiger partial charge is 0.298 e. The van der Waals surface area contributed by atoms with Crippen LogP contribution in [0.15, 0.2) is 97.1 Å². The highest BCUT2D eigenvalue weighted by Crippen LogP contribution is 2.68. The Balaban J connectivity index is 0.000000222. The third kappa shape index (κ3) is 19.3. The van der Waals surface area contributed by atoms with Crippen LogP contribution in [0.25, 0.3) is 0 Å². The molecule has 0 heterocycles. The maximum absolute atomic E-state index is 16.3. The first kappa shape index (κ1) is 74.3. The minimum absolute atomic E-state index is 0.291. The maximum atomic E-state index is 16.3. The molecule has 520 valence electrons. The second-order valence-electron chi connectivity index (χ2n) is 32.3. The molecule has 4 spiro atoms. The molecule has 0 atom stereocenters. The van der Waals surface area contributed by atoms with Crippen LogP contribution in [0.2, 0.25) is 0 Å². The summed E-state index contributed by atoms with van der Waals surface area (Å²) in [5.74, 6) is 2.47. The molecule has 2 nitrogen and oxygen atoms in total. The number of Topliss-reactive ketones (excluding diaryl/α,β-unsaturated/α-hetero) is 2. The van der Waals surface area contributed by atoms with Crippen LogP contribution in [-0.2, 0) is 35.3 Å². The average molecular weight is 1290 g/mol. The standard InChI is InChI=1S/C46H69FO.C44H65FO/c1-3-5-7-9-11-13-15-17-19-37-21-25-39(26-22-37)41-29-33-45(34-30-41)43(47)46(44(45)48)35-31-42(32-36-46)40-27-23-38(24-28-40)20-18-16-14-12-10-8-6-4-2;1-3-5-7-9-11-13-15-17-35-19-23-37(24-20-35)39-27-31-43(32-28-39)41(45)44(42(43)46)33-29-40(30-34-44)38-25-21-36(22-26-38)18-16-14-12-10-8-6-4-2/h21-28,41-43H,3-20,29-36H2,1-2H3;19-26,39-41H,3-18,27-34H2,1-2H3. The Bertz CT molecular complexity index is 2560. The van der Waals surface area contributed by atoms with E-state index in [1.54, 1.807) is 0 Å². The quantitative estimate of drug-likeness (QED) is 0.0419. The summed E-state index contributed by atoms with van der Waals surface area (Å²) >= 11 is 0. The lowest BCUT2D eigenvalue weighted by Gasteiger charge is -2.61. The number of rotatable bonds is 38. The van der Waals surface area contributed by atoms with Crippen LogP contribution >= 0.6 is 0 Å². The fourth-order valence-corrected chi connectivity index (χ4v) is 19.5. The molecule has 4 heteroatoms. The molecule has 6 fully saturated rings. The van der Waals surface area contributed by atoms with E-state index < -0.39 is 34.0 Å². The number of hydrogen-bond acceptors (Lipinski definition) is 2. The van der Waals surface area contributed by atoms with Gasteiger partial charge < -0.3 is 0 Å². The van der Waals surface area contributed by atoms with E-state index in [2.05, 4.69) is 125 Å². The molecular formula is C90H134F2O2. The van der Waals surface area contributed by atoms with Crippen LogP contribution in [0, 0.1) is 21.7 Å². The molecule has 10 rings (SSSR count). The number of aryl methyl sites for hydroxylation is 4. The topological polar surface area (TPSA) is 34.1 Å². The number of hydrogen-bond donors (Lipinski definition) is 0. The van der Waals surface area contributed by atoms with Gasteiger partial charge in [-0.1, -0.05) is 292 Å². The lowest BCUT2D eigenvalue weighted by molar-refractivity contribution is -0.191. The summed E-state index contributed by atoms with van der Waals surface area (Å²) in [5, 5.41) is 0. The molecule has 0 unspecified atom stereocenters. The van der Waals surface area contributed by atoms with Gasteiger partial charge in [0.15, 0.2) is 11.6 Å². The SMILES string of the molecule is CCCCCCCCCCc1ccc(C2CCC3(CC2)C(=O)C2(CCC(c4ccc(CCCCCCCCCC)cc4)CC2)C3F)cc1.CCCCCCCCCc1ccc(C2CCC3(CC2)C(=O)C2(CCC(c4ccc(CCCCCCCCC)cc4)CC2)C3F)cc1. The van der Waals surface area contributed by atoms with Gasteiger partial charge >= 0.3 is 0 Å². The fourth-order valence-electron chi connectivity index (χ4n) is 19.5. The van der Waals surface area contributed by atoms with Crippen molar-refractivity contribution in [2.24, 2.45) is 21.7 Å².